The van der Waals surface area contributed by atoms with E-state index in [2.05, 4.69) is 53.3 Å². The van der Waals surface area contributed by atoms with E-state index in [9.17, 15) is 4.79 Å². The normalized spacial score (nSPS) is 11.2. The first-order chi connectivity index (χ1) is 15.0. The summed E-state index contributed by atoms with van der Waals surface area (Å²) in [5.74, 6) is 1.47. The Balaban J connectivity index is 1.49. The van der Waals surface area contributed by atoms with Crippen molar-refractivity contribution in [1.82, 2.24) is 20.1 Å². The average Bonchev–Trinajstić information content (AvgIpc) is 3.54. The van der Waals surface area contributed by atoms with E-state index in [-0.39, 0.29) is 12.5 Å². The van der Waals surface area contributed by atoms with Gasteiger partial charge in [-0.2, -0.15) is 0 Å². The van der Waals surface area contributed by atoms with Crippen LogP contribution in [-0.4, -0.2) is 32.5 Å². The zero-order valence-corrected chi connectivity index (χ0v) is 18.6. The molecule has 31 heavy (non-hydrogen) atoms. The van der Waals surface area contributed by atoms with Gasteiger partial charge in [-0.15, -0.1) is 21.5 Å². The second kappa shape index (κ2) is 9.26. The minimum absolute atomic E-state index is 0.152. The lowest BCUT2D eigenvalue weighted by molar-refractivity contribution is 0.0723. The molecule has 1 amide bonds. The number of amides is 1. The SMILES string of the molecule is CCCN(Cc1nnc(-c2ccco2)o1)C(=O)c1csc(-c2ccc(C(C)C)cc2)n1. The lowest BCUT2D eigenvalue weighted by Gasteiger charge is -2.19. The summed E-state index contributed by atoms with van der Waals surface area (Å²) < 4.78 is 11.0. The fourth-order valence-electron chi connectivity index (χ4n) is 3.18. The maximum Gasteiger partial charge on any atom is 0.283 e. The first-order valence-electron chi connectivity index (χ1n) is 10.3. The third-order valence-electron chi connectivity index (χ3n) is 4.85. The van der Waals surface area contributed by atoms with Crippen LogP contribution in [0.4, 0.5) is 0 Å². The van der Waals surface area contributed by atoms with Gasteiger partial charge in [0.1, 0.15) is 10.7 Å². The van der Waals surface area contributed by atoms with Gasteiger partial charge in [0.25, 0.3) is 11.8 Å². The molecule has 4 aromatic rings. The van der Waals surface area contributed by atoms with Gasteiger partial charge in [-0.3, -0.25) is 4.79 Å². The van der Waals surface area contributed by atoms with Crippen molar-refractivity contribution in [2.75, 3.05) is 6.54 Å². The Kier molecular flexibility index (Phi) is 6.27. The van der Waals surface area contributed by atoms with Gasteiger partial charge >= 0.3 is 0 Å². The molecule has 0 atom stereocenters. The minimum Gasteiger partial charge on any atom is -0.459 e. The van der Waals surface area contributed by atoms with E-state index in [4.69, 9.17) is 8.83 Å². The smallest absolute Gasteiger partial charge is 0.283 e. The van der Waals surface area contributed by atoms with Crippen LogP contribution in [0.1, 0.15) is 55.1 Å². The number of carbonyl (C=O) groups is 1. The topological polar surface area (TPSA) is 85.3 Å². The molecule has 0 unspecified atom stereocenters. The molecule has 160 valence electrons. The Morgan fingerprint density at radius 2 is 1.97 bits per heavy atom. The van der Waals surface area contributed by atoms with Gasteiger partial charge in [0, 0.05) is 17.5 Å². The molecular weight excluding hydrogens is 412 g/mol. The number of rotatable bonds is 8. The molecule has 1 aromatic carbocycles. The number of benzene rings is 1. The molecule has 8 heteroatoms. The number of hydrogen-bond donors (Lipinski definition) is 0. The van der Waals surface area contributed by atoms with Crippen molar-refractivity contribution in [1.29, 1.82) is 0 Å². The molecular formula is C23H24N4O3S. The van der Waals surface area contributed by atoms with Gasteiger partial charge in [-0.25, -0.2) is 4.98 Å². The van der Waals surface area contributed by atoms with Crippen molar-refractivity contribution in [3.63, 3.8) is 0 Å². The maximum absolute atomic E-state index is 13.1. The Morgan fingerprint density at radius 1 is 1.16 bits per heavy atom. The Bertz CT molecular complexity index is 1130. The van der Waals surface area contributed by atoms with Gasteiger partial charge < -0.3 is 13.7 Å². The molecule has 0 radical (unpaired) electrons. The average molecular weight is 437 g/mol. The molecule has 7 nitrogen and oxygen atoms in total. The van der Waals surface area contributed by atoms with Crippen LogP contribution in [-0.2, 0) is 6.54 Å². The van der Waals surface area contributed by atoms with E-state index in [1.54, 1.807) is 28.7 Å². The van der Waals surface area contributed by atoms with Gasteiger partial charge in [0.2, 0.25) is 5.89 Å². The Hall–Kier alpha value is -3.26. The predicted octanol–water partition coefficient (Wildman–Crippen LogP) is 5.63. The summed E-state index contributed by atoms with van der Waals surface area (Å²) in [5, 5.41) is 10.7. The second-order valence-electron chi connectivity index (χ2n) is 7.52. The molecule has 3 heterocycles. The summed E-state index contributed by atoms with van der Waals surface area (Å²) in [6.45, 7) is 7.13. The van der Waals surface area contributed by atoms with Crippen molar-refractivity contribution < 1.29 is 13.6 Å². The monoisotopic (exact) mass is 436 g/mol. The molecule has 0 saturated heterocycles. The van der Waals surface area contributed by atoms with Gasteiger partial charge in [0.05, 0.1) is 12.8 Å². The van der Waals surface area contributed by atoms with E-state index in [0.29, 0.717) is 35.7 Å². The third kappa shape index (κ3) is 4.74. The van der Waals surface area contributed by atoms with Gasteiger partial charge in [-0.1, -0.05) is 45.0 Å². The fraction of sp³-hybridized carbons (Fsp3) is 0.304. The van der Waals surface area contributed by atoms with Crippen LogP contribution in [0.3, 0.4) is 0 Å². The first kappa shape index (κ1) is 21.0. The molecule has 4 rings (SSSR count). The predicted molar refractivity (Wildman–Crippen MR) is 119 cm³/mol. The summed E-state index contributed by atoms with van der Waals surface area (Å²) in [4.78, 5) is 19.4. The largest absolute Gasteiger partial charge is 0.459 e. The molecule has 0 aliphatic rings. The summed E-state index contributed by atoms with van der Waals surface area (Å²) in [6.07, 6.45) is 2.35. The van der Waals surface area contributed by atoms with Crippen molar-refractivity contribution in [2.45, 2.75) is 39.7 Å². The van der Waals surface area contributed by atoms with E-state index in [0.717, 1.165) is 17.0 Å². The molecule has 0 spiro atoms. The molecule has 0 aliphatic carbocycles. The quantitative estimate of drug-likeness (QED) is 0.356. The third-order valence-corrected chi connectivity index (χ3v) is 5.74. The van der Waals surface area contributed by atoms with Crippen LogP contribution in [0.15, 0.2) is 56.9 Å². The van der Waals surface area contributed by atoms with E-state index in [1.807, 2.05) is 6.92 Å². The highest BCUT2D eigenvalue weighted by atomic mass is 32.1. The minimum atomic E-state index is -0.152. The molecule has 3 aromatic heterocycles. The molecule has 0 fully saturated rings. The highest BCUT2D eigenvalue weighted by Gasteiger charge is 2.22. The Morgan fingerprint density at radius 3 is 2.65 bits per heavy atom. The number of nitrogens with zero attached hydrogens (tertiary/aromatic N) is 4. The second-order valence-corrected chi connectivity index (χ2v) is 8.38. The zero-order chi connectivity index (χ0) is 21.8. The first-order valence-corrected chi connectivity index (χ1v) is 11.1. The molecule has 0 N–H and O–H groups in total. The van der Waals surface area contributed by atoms with Gasteiger partial charge in [0.15, 0.2) is 5.76 Å². The lowest BCUT2D eigenvalue weighted by atomic mass is 10.0. The van der Waals surface area contributed by atoms with Crippen LogP contribution in [0.25, 0.3) is 22.2 Å². The summed E-state index contributed by atoms with van der Waals surface area (Å²) >= 11 is 1.47. The fourth-order valence-corrected chi connectivity index (χ4v) is 3.98. The lowest BCUT2D eigenvalue weighted by Crippen LogP contribution is -2.31. The van der Waals surface area contributed by atoms with Gasteiger partial charge in [-0.05, 0) is 30.0 Å². The maximum atomic E-state index is 13.1. The molecule has 0 aliphatic heterocycles. The van der Waals surface area contributed by atoms with Crippen LogP contribution < -0.4 is 0 Å². The van der Waals surface area contributed by atoms with E-state index >= 15 is 0 Å². The van der Waals surface area contributed by atoms with Crippen LogP contribution in [0.2, 0.25) is 0 Å². The molecule has 0 saturated carbocycles. The van der Waals surface area contributed by atoms with E-state index < -0.39 is 0 Å². The Labute approximate surface area is 184 Å². The number of hydrogen-bond acceptors (Lipinski definition) is 7. The highest BCUT2D eigenvalue weighted by molar-refractivity contribution is 7.13. The summed E-state index contributed by atoms with van der Waals surface area (Å²) in [5.41, 5.74) is 2.71. The summed E-state index contributed by atoms with van der Waals surface area (Å²) in [7, 11) is 0. The van der Waals surface area contributed by atoms with Crippen molar-refractivity contribution in [2.24, 2.45) is 0 Å². The summed E-state index contributed by atoms with van der Waals surface area (Å²) in [6, 6.07) is 11.8. The number of carbonyl (C=O) groups excluding carboxylic acids is 1. The zero-order valence-electron chi connectivity index (χ0n) is 17.7. The molecule has 0 bridgehead atoms. The van der Waals surface area contributed by atoms with E-state index in [1.165, 1.54) is 16.9 Å². The van der Waals surface area contributed by atoms with Crippen LogP contribution in [0.5, 0.6) is 0 Å². The number of furan rings is 1. The van der Waals surface area contributed by atoms with Crippen LogP contribution >= 0.6 is 11.3 Å². The number of aromatic nitrogens is 3. The highest BCUT2D eigenvalue weighted by Crippen LogP contribution is 2.27. The van der Waals surface area contributed by atoms with Crippen molar-refractivity contribution in [3.8, 4) is 22.2 Å². The van der Waals surface area contributed by atoms with Crippen LogP contribution in [0, 0.1) is 0 Å². The standard InChI is InChI=1S/C23H24N4O3S/c1-4-11-27(13-20-25-26-21(30-20)19-6-5-12-29-19)23(28)18-14-31-22(24-18)17-9-7-16(8-10-17)15(2)3/h5-10,12,14-15H,4,11,13H2,1-3H3. The van der Waals surface area contributed by atoms with Crippen molar-refractivity contribution >= 4 is 17.2 Å². The number of thiazole rings is 1. The van der Waals surface area contributed by atoms with Crippen molar-refractivity contribution in [3.05, 3.63) is 65.2 Å².